The molecule has 0 saturated heterocycles. The molecular weight excluding hydrogens is 364 g/mol. The second kappa shape index (κ2) is 9.32. The summed E-state index contributed by atoms with van der Waals surface area (Å²) in [5, 5.41) is 5.66. The van der Waals surface area contributed by atoms with Gasteiger partial charge in [-0.1, -0.05) is 30.3 Å². The number of hydrogen-bond acceptors (Lipinski definition) is 4. The average Bonchev–Trinajstić information content (AvgIpc) is 2.65. The lowest BCUT2D eigenvalue weighted by molar-refractivity contribution is -0.121. The van der Waals surface area contributed by atoms with Gasteiger partial charge in [-0.15, -0.1) is 0 Å². The van der Waals surface area contributed by atoms with Crippen LogP contribution in [0, 0.1) is 0 Å². The molecule has 0 saturated carbocycles. The SMILES string of the molecule is CC(NC(=O)CCCNC(=O)c1ccccc1)c1ccc(S(C)(=O)=O)cc1. The molecule has 0 radical (unpaired) electrons. The fourth-order valence-corrected chi connectivity index (χ4v) is 3.17. The van der Waals surface area contributed by atoms with E-state index in [2.05, 4.69) is 10.6 Å². The highest BCUT2D eigenvalue weighted by atomic mass is 32.2. The fraction of sp³-hybridized carbons (Fsp3) is 0.300. The normalized spacial score (nSPS) is 12.2. The molecule has 27 heavy (non-hydrogen) atoms. The maximum absolute atomic E-state index is 12.0. The number of hydrogen-bond donors (Lipinski definition) is 2. The van der Waals surface area contributed by atoms with Crippen LogP contribution in [0.4, 0.5) is 0 Å². The Labute approximate surface area is 159 Å². The minimum absolute atomic E-state index is 0.122. The Morgan fingerprint density at radius 2 is 1.63 bits per heavy atom. The second-order valence-electron chi connectivity index (χ2n) is 6.36. The van der Waals surface area contributed by atoms with E-state index in [0.717, 1.165) is 11.8 Å². The Kier molecular flexibility index (Phi) is 7.12. The van der Waals surface area contributed by atoms with Crippen molar-refractivity contribution < 1.29 is 18.0 Å². The van der Waals surface area contributed by atoms with Gasteiger partial charge in [-0.05, 0) is 43.2 Å². The van der Waals surface area contributed by atoms with E-state index in [1.165, 1.54) is 12.1 Å². The van der Waals surface area contributed by atoms with Gasteiger partial charge in [0.2, 0.25) is 5.91 Å². The van der Waals surface area contributed by atoms with Crippen LogP contribution in [0.2, 0.25) is 0 Å². The summed E-state index contributed by atoms with van der Waals surface area (Å²) in [6.45, 7) is 2.25. The first-order valence-electron chi connectivity index (χ1n) is 8.70. The first-order chi connectivity index (χ1) is 12.8. The number of carbonyl (C=O) groups is 2. The summed E-state index contributed by atoms with van der Waals surface area (Å²) in [7, 11) is -3.23. The van der Waals surface area contributed by atoms with Crippen LogP contribution in [0.3, 0.4) is 0 Å². The summed E-state index contributed by atoms with van der Waals surface area (Å²) in [6, 6.07) is 15.1. The molecule has 0 aromatic heterocycles. The number of sulfone groups is 1. The molecule has 0 aliphatic heterocycles. The fourth-order valence-electron chi connectivity index (χ4n) is 2.54. The quantitative estimate of drug-likeness (QED) is 0.680. The molecule has 2 N–H and O–H groups in total. The largest absolute Gasteiger partial charge is 0.352 e. The molecule has 0 aliphatic rings. The molecule has 7 heteroatoms. The van der Waals surface area contributed by atoms with Gasteiger partial charge in [0, 0.05) is 24.8 Å². The average molecular weight is 388 g/mol. The van der Waals surface area contributed by atoms with Gasteiger partial charge in [0.25, 0.3) is 5.91 Å². The van der Waals surface area contributed by atoms with Crippen molar-refractivity contribution in [3.63, 3.8) is 0 Å². The molecule has 1 unspecified atom stereocenters. The van der Waals surface area contributed by atoms with Crippen molar-refractivity contribution >= 4 is 21.7 Å². The standard InChI is InChI=1S/C20H24N2O4S/c1-15(16-10-12-18(13-11-16)27(2,25)26)22-19(23)9-6-14-21-20(24)17-7-4-3-5-8-17/h3-5,7-8,10-13,15H,6,9,14H2,1-2H3,(H,21,24)(H,22,23). The monoisotopic (exact) mass is 388 g/mol. The van der Waals surface area contributed by atoms with Crippen molar-refractivity contribution in [3.8, 4) is 0 Å². The molecule has 0 bridgehead atoms. The lowest BCUT2D eigenvalue weighted by Crippen LogP contribution is -2.29. The zero-order valence-corrected chi connectivity index (χ0v) is 16.3. The Morgan fingerprint density at radius 1 is 1.00 bits per heavy atom. The summed E-state index contributed by atoms with van der Waals surface area (Å²) >= 11 is 0. The smallest absolute Gasteiger partial charge is 0.251 e. The van der Waals surface area contributed by atoms with Crippen molar-refractivity contribution in [2.75, 3.05) is 12.8 Å². The minimum atomic E-state index is -3.23. The van der Waals surface area contributed by atoms with Gasteiger partial charge in [-0.2, -0.15) is 0 Å². The summed E-state index contributed by atoms with van der Waals surface area (Å²) in [4.78, 5) is 24.2. The zero-order chi connectivity index (χ0) is 19.9. The highest BCUT2D eigenvalue weighted by Gasteiger charge is 2.12. The molecule has 6 nitrogen and oxygen atoms in total. The van der Waals surface area contributed by atoms with Crippen LogP contribution in [0.15, 0.2) is 59.5 Å². The summed E-state index contributed by atoms with van der Waals surface area (Å²) < 4.78 is 23.0. The molecule has 0 heterocycles. The van der Waals surface area contributed by atoms with Crippen LogP contribution >= 0.6 is 0 Å². The summed E-state index contributed by atoms with van der Waals surface area (Å²) in [5.41, 5.74) is 1.42. The number of carbonyl (C=O) groups excluding carboxylic acids is 2. The minimum Gasteiger partial charge on any atom is -0.352 e. The van der Waals surface area contributed by atoms with Crippen molar-refractivity contribution in [2.45, 2.75) is 30.7 Å². The Bertz CT molecular complexity index is 878. The van der Waals surface area contributed by atoms with Crippen molar-refractivity contribution in [2.24, 2.45) is 0 Å². The van der Waals surface area contributed by atoms with Gasteiger partial charge in [-0.3, -0.25) is 9.59 Å². The number of rotatable bonds is 8. The number of benzene rings is 2. The van der Waals surface area contributed by atoms with E-state index < -0.39 is 9.84 Å². The third kappa shape index (κ3) is 6.53. The highest BCUT2D eigenvalue weighted by molar-refractivity contribution is 7.90. The molecule has 2 aromatic rings. The van der Waals surface area contributed by atoms with E-state index >= 15 is 0 Å². The number of nitrogens with one attached hydrogen (secondary N) is 2. The van der Waals surface area contributed by atoms with Gasteiger partial charge < -0.3 is 10.6 Å². The maximum Gasteiger partial charge on any atom is 0.251 e. The Balaban J connectivity index is 1.74. The van der Waals surface area contributed by atoms with Crippen LogP contribution in [-0.2, 0) is 14.6 Å². The molecular formula is C20H24N2O4S. The molecule has 2 rings (SSSR count). The predicted octanol–water partition coefficient (Wildman–Crippen LogP) is 2.48. The summed E-state index contributed by atoms with van der Waals surface area (Å²) in [6.07, 6.45) is 1.98. The van der Waals surface area contributed by atoms with Crippen LogP contribution in [0.5, 0.6) is 0 Å². The number of amides is 2. The van der Waals surface area contributed by atoms with E-state index in [4.69, 9.17) is 0 Å². The lowest BCUT2D eigenvalue weighted by Gasteiger charge is -2.15. The van der Waals surface area contributed by atoms with Crippen LogP contribution in [0.1, 0.15) is 41.7 Å². The van der Waals surface area contributed by atoms with Crippen molar-refractivity contribution in [1.29, 1.82) is 0 Å². The molecule has 2 amide bonds. The van der Waals surface area contributed by atoms with Gasteiger partial charge in [0.15, 0.2) is 9.84 Å². The van der Waals surface area contributed by atoms with E-state index in [1.807, 2.05) is 13.0 Å². The predicted molar refractivity (Wildman–Crippen MR) is 104 cm³/mol. The van der Waals surface area contributed by atoms with Gasteiger partial charge in [0.05, 0.1) is 10.9 Å². The van der Waals surface area contributed by atoms with Crippen molar-refractivity contribution in [1.82, 2.24) is 10.6 Å². The van der Waals surface area contributed by atoms with Crippen LogP contribution < -0.4 is 10.6 Å². The van der Waals surface area contributed by atoms with E-state index in [-0.39, 0.29) is 22.8 Å². The van der Waals surface area contributed by atoms with Gasteiger partial charge >= 0.3 is 0 Å². The molecule has 0 spiro atoms. The zero-order valence-electron chi connectivity index (χ0n) is 15.4. The first-order valence-corrected chi connectivity index (χ1v) is 10.6. The molecule has 1 atom stereocenters. The van der Waals surface area contributed by atoms with Gasteiger partial charge in [0.1, 0.15) is 0 Å². The van der Waals surface area contributed by atoms with Gasteiger partial charge in [-0.25, -0.2) is 8.42 Å². The van der Waals surface area contributed by atoms with Crippen LogP contribution in [-0.4, -0.2) is 33.0 Å². The Hall–Kier alpha value is -2.67. The first kappa shape index (κ1) is 20.6. The maximum atomic E-state index is 12.0. The third-order valence-corrected chi connectivity index (χ3v) is 5.22. The highest BCUT2D eigenvalue weighted by Crippen LogP contribution is 2.16. The molecule has 2 aromatic carbocycles. The second-order valence-corrected chi connectivity index (χ2v) is 8.37. The Morgan fingerprint density at radius 3 is 2.22 bits per heavy atom. The molecule has 0 aliphatic carbocycles. The lowest BCUT2D eigenvalue weighted by atomic mass is 10.1. The van der Waals surface area contributed by atoms with E-state index in [0.29, 0.717) is 24.9 Å². The van der Waals surface area contributed by atoms with Crippen LogP contribution in [0.25, 0.3) is 0 Å². The molecule has 144 valence electrons. The van der Waals surface area contributed by atoms with Crippen molar-refractivity contribution in [3.05, 3.63) is 65.7 Å². The topological polar surface area (TPSA) is 92.3 Å². The van der Waals surface area contributed by atoms with E-state index in [9.17, 15) is 18.0 Å². The third-order valence-electron chi connectivity index (χ3n) is 4.09. The summed E-state index contributed by atoms with van der Waals surface area (Å²) in [5.74, 6) is -0.279. The molecule has 0 fully saturated rings. The van der Waals surface area contributed by atoms with E-state index in [1.54, 1.807) is 36.4 Å².